The third-order valence-corrected chi connectivity index (χ3v) is 10.3. The topological polar surface area (TPSA) is 115 Å². The van der Waals surface area contributed by atoms with Gasteiger partial charge in [-0.3, -0.25) is 4.79 Å². The van der Waals surface area contributed by atoms with E-state index >= 15 is 0 Å². The Bertz CT molecular complexity index is 1570. The number of carbonyl (C=O) groups is 1. The number of hydrogen-bond donors (Lipinski definition) is 1. The van der Waals surface area contributed by atoms with Crippen molar-refractivity contribution in [1.82, 2.24) is 0 Å². The van der Waals surface area contributed by atoms with Crippen molar-refractivity contribution in [3.05, 3.63) is 53.6 Å². The third-order valence-electron chi connectivity index (χ3n) is 9.36. The van der Waals surface area contributed by atoms with E-state index in [0.717, 1.165) is 56.6 Å². The van der Waals surface area contributed by atoms with Crippen LogP contribution in [0.15, 0.2) is 62.9 Å². The number of nitrogens with one attached hydrogen (secondary N) is 1. The van der Waals surface area contributed by atoms with Gasteiger partial charge in [-0.1, -0.05) is 110 Å². The lowest BCUT2D eigenvalue weighted by Crippen LogP contribution is -2.34. The summed E-state index contributed by atoms with van der Waals surface area (Å²) in [5, 5.41) is 31.8. The Morgan fingerprint density at radius 3 is 2.06 bits per heavy atom. The summed E-state index contributed by atoms with van der Waals surface area (Å²) in [5.74, 6) is 1.65. The van der Waals surface area contributed by atoms with Crippen molar-refractivity contribution < 1.29 is 9.53 Å². The van der Waals surface area contributed by atoms with E-state index in [1.54, 1.807) is 13.2 Å². The molecule has 2 aromatic carbocycles. The summed E-state index contributed by atoms with van der Waals surface area (Å²) in [6, 6.07) is 15.8. The van der Waals surface area contributed by atoms with Crippen LogP contribution in [0.2, 0.25) is 0 Å². The van der Waals surface area contributed by atoms with Gasteiger partial charge in [0.05, 0.1) is 29.7 Å². The Morgan fingerprint density at radius 2 is 1.51 bits per heavy atom. The van der Waals surface area contributed by atoms with E-state index in [9.17, 15) is 10.1 Å². The summed E-state index contributed by atoms with van der Waals surface area (Å²) in [6.07, 6.45) is 13.0. The highest BCUT2D eigenvalue weighted by Crippen LogP contribution is 2.43. The first-order chi connectivity index (χ1) is 24.8. The Morgan fingerprint density at radius 1 is 0.863 bits per heavy atom. The smallest absolute Gasteiger partial charge is 0.224 e. The van der Waals surface area contributed by atoms with Crippen molar-refractivity contribution >= 4 is 50.0 Å². The zero-order valence-electron chi connectivity index (χ0n) is 32.0. The summed E-state index contributed by atoms with van der Waals surface area (Å²) < 4.78 is 6.01. The van der Waals surface area contributed by atoms with Crippen LogP contribution in [0.3, 0.4) is 0 Å². The normalized spacial score (nSPS) is 12.7. The fraction of sp³-hybridized carbons (Fsp3) is 0.561. The standard InChI is InChI=1S/C41H59N7O2S/c1-8-14-17-30(11-4)28-48(29-31(12-5)18-15-9-2)37-25-35(43-39(49)13-6)36(26-38(37)50-7)45-47-41-33(27-42)24-40(51-41)46-44-34-22-20-32(21-23-34)19-16-10-3/h20-26,30-31H,8-19,28-29H2,1-7H3,(H,43,49)/b46-44?,47-45+. The number of nitrogens with zero attached hydrogens (tertiary/aromatic N) is 6. The largest absolute Gasteiger partial charge is 0.494 e. The molecule has 9 nitrogen and oxygen atoms in total. The summed E-state index contributed by atoms with van der Waals surface area (Å²) in [5.41, 5.74) is 4.35. The van der Waals surface area contributed by atoms with E-state index in [1.165, 1.54) is 55.4 Å². The molecule has 0 aliphatic carbocycles. The van der Waals surface area contributed by atoms with Crippen molar-refractivity contribution in [3.63, 3.8) is 0 Å². The van der Waals surface area contributed by atoms with Crippen LogP contribution in [0.1, 0.15) is 123 Å². The lowest BCUT2D eigenvalue weighted by molar-refractivity contribution is -0.115. The summed E-state index contributed by atoms with van der Waals surface area (Å²) in [7, 11) is 1.67. The van der Waals surface area contributed by atoms with Gasteiger partial charge in [0.15, 0.2) is 5.00 Å². The number of methoxy groups -OCH3 is 1. The fourth-order valence-electron chi connectivity index (χ4n) is 6.01. The second-order valence-electron chi connectivity index (χ2n) is 13.3. The molecule has 1 amide bonds. The van der Waals surface area contributed by atoms with Gasteiger partial charge in [0.2, 0.25) is 5.91 Å². The van der Waals surface area contributed by atoms with Crippen LogP contribution in [0.25, 0.3) is 0 Å². The molecule has 276 valence electrons. The Kier molecular flexibility index (Phi) is 18.4. The lowest BCUT2D eigenvalue weighted by Gasteiger charge is -2.34. The lowest BCUT2D eigenvalue weighted by atomic mass is 9.95. The van der Waals surface area contributed by atoms with Crippen molar-refractivity contribution in [2.75, 3.05) is 30.4 Å². The molecule has 2 unspecified atom stereocenters. The second-order valence-corrected chi connectivity index (χ2v) is 14.3. The minimum atomic E-state index is -0.118. The van der Waals surface area contributed by atoms with Crippen molar-refractivity contribution in [2.45, 2.75) is 119 Å². The van der Waals surface area contributed by atoms with Crippen LogP contribution in [0, 0.1) is 23.2 Å². The SMILES string of the molecule is CCCCc1ccc(N=Nc2cc(C#N)c(/N=N/c3cc(OC)c(N(CC(CC)CCCC)CC(CC)CCCC)cc3NC(=O)CC)s2)cc1. The van der Waals surface area contributed by atoms with E-state index in [0.29, 0.717) is 50.9 Å². The number of aryl methyl sites for hydroxylation is 1. The van der Waals surface area contributed by atoms with E-state index in [-0.39, 0.29) is 5.91 Å². The molecule has 3 rings (SSSR count). The molecule has 0 aliphatic rings. The number of hydrogen-bond acceptors (Lipinski definition) is 9. The van der Waals surface area contributed by atoms with Crippen LogP contribution in [-0.2, 0) is 11.2 Å². The zero-order valence-corrected chi connectivity index (χ0v) is 32.8. The first kappa shape index (κ1) is 41.3. The highest BCUT2D eigenvalue weighted by molar-refractivity contribution is 7.19. The predicted molar refractivity (Wildman–Crippen MR) is 213 cm³/mol. The van der Waals surface area contributed by atoms with Gasteiger partial charge in [0.25, 0.3) is 0 Å². The molecule has 2 atom stereocenters. The molecular formula is C41H59N7O2S. The molecule has 0 radical (unpaired) electrons. The molecule has 0 fully saturated rings. The molecule has 0 saturated heterocycles. The number of azo groups is 2. The van der Waals surface area contributed by atoms with Crippen LogP contribution in [0.4, 0.5) is 32.8 Å². The maximum Gasteiger partial charge on any atom is 0.224 e. The third kappa shape index (κ3) is 13.2. The molecule has 10 heteroatoms. The Balaban J connectivity index is 2.00. The second kappa shape index (κ2) is 22.7. The van der Waals surface area contributed by atoms with Gasteiger partial charge in [0.1, 0.15) is 22.5 Å². The summed E-state index contributed by atoms with van der Waals surface area (Å²) in [4.78, 5) is 15.3. The van der Waals surface area contributed by atoms with Crippen LogP contribution >= 0.6 is 11.3 Å². The Hall–Kier alpha value is -4.10. The number of benzene rings is 2. The minimum Gasteiger partial charge on any atom is -0.494 e. The molecule has 51 heavy (non-hydrogen) atoms. The number of thiophene rings is 1. The molecular weight excluding hydrogens is 655 g/mol. The monoisotopic (exact) mass is 713 g/mol. The summed E-state index contributed by atoms with van der Waals surface area (Å²) >= 11 is 1.24. The maximum absolute atomic E-state index is 12.8. The van der Waals surface area contributed by atoms with Crippen molar-refractivity contribution in [1.29, 1.82) is 5.26 Å². The average Bonchev–Trinajstić information content (AvgIpc) is 3.57. The van der Waals surface area contributed by atoms with Gasteiger partial charge in [-0.15, -0.1) is 20.5 Å². The molecule has 1 aromatic heterocycles. The maximum atomic E-state index is 12.8. The molecule has 1 N–H and O–H groups in total. The number of amides is 1. The van der Waals surface area contributed by atoms with Gasteiger partial charge < -0.3 is 15.0 Å². The highest BCUT2D eigenvalue weighted by Gasteiger charge is 2.23. The first-order valence-corrected chi connectivity index (χ1v) is 19.9. The molecule has 0 aliphatic heterocycles. The van der Waals surface area contributed by atoms with E-state index in [2.05, 4.69) is 83.5 Å². The van der Waals surface area contributed by atoms with Crippen LogP contribution in [0.5, 0.6) is 5.75 Å². The predicted octanol–water partition coefficient (Wildman–Crippen LogP) is 13.4. The number of unbranched alkanes of at least 4 members (excludes halogenated alkanes) is 3. The van der Waals surface area contributed by atoms with Crippen LogP contribution < -0.4 is 15.0 Å². The van der Waals surface area contributed by atoms with Crippen LogP contribution in [-0.4, -0.2) is 26.1 Å². The number of nitriles is 1. The van der Waals surface area contributed by atoms with Crippen molar-refractivity contribution in [3.8, 4) is 11.8 Å². The molecule has 1 heterocycles. The van der Waals surface area contributed by atoms with E-state index < -0.39 is 0 Å². The quantitative estimate of drug-likeness (QED) is 0.0985. The van der Waals surface area contributed by atoms with Gasteiger partial charge in [-0.2, -0.15) is 5.26 Å². The number of ether oxygens (including phenoxy) is 1. The molecule has 0 spiro atoms. The van der Waals surface area contributed by atoms with E-state index in [4.69, 9.17) is 4.74 Å². The van der Waals surface area contributed by atoms with Gasteiger partial charge in [-0.05, 0) is 67.3 Å². The van der Waals surface area contributed by atoms with Gasteiger partial charge in [0, 0.05) is 25.6 Å². The number of carbonyl (C=O) groups excluding carboxylic acids is 1. The number of anilines is 2. The molecule has 0 saturated carbocycles. The zero-order chi connectivity index (χ0) is 37.0. The minimum absolute atomic E-state index is 0.118. The summed E-state index contributed by atoms with van der Waals surface area (Å²) in [6.45, 7) is 14.9. The average molecular weight is 714 g/mol. The van der Waals surface area contributed by atoms with Gasteiger partial charge >= 0.3 is 0 Å². The van der Waals surface area contributed by atoms with Crippen molar-refractivity contribution in [2.24, 2.45) is 32.3 Å². The first-order valence-electron chi connectivity index (χ1n) is 19.1. The highest BCUT2D eigenvalue weighted by atomic mass is 32.1. The molecule has 3 aromatic rings. The Labute approximate surface area is 310 Å². The molecule has 0 bridgehead atoms. The fourth-order valence-corrected chi connectivity index (χ4v) is 6.76. The van der Waals surface area contributed by atoms with E-state index in [1.807, 2.05) is 31.2 Å². The number of rotatable bonds is 23. The van der Waals surface area contributed by atoms with Gasteiger partial charge in [-0.25, -0.2) is 0 Å².